The largest absolute Gasteiger partial charge is 0.374 e. The van der Waals surface area contributed by atoms with Crippen molar-refractivity contribution in [1.29, 1.82) is 0 Å². The van der Waals surface area contributed by atoms with Crippen molar-refractivity contribution < 1.29 is 4.74 Å². The average Bonchev–Trinajstić information content (AvgIpc) is 2.63. The van der Waals surface area contributed by atoms with Gasteiger partial charge in [0.1, 0.15) is 0 Å². The van der Waals surface area contributed by atoms with Crippen LogP contribution in [-0.2, 0) is 17.9 Å². The van der Waals surface area contributed by atoms with Gasteiger partial charge in [-0.3, -0.25) is 0 Å². The number of benzene rings is 1. The maximum atomic E-state index is 6.04. The van der Waals surface area contributed by atoms with Crippen LogP contribution in [0.4, 0.5) is 0 Å². The molecule has 0 saturated heterocycles. The van der Waals surface area contributed by atoms with Crippen LogP contribution >= 0.6 is 11.6 Å². The molecule has 2 nitrogen and oxygen atoms in total. The fourth-order valence-corrected chi connectivity index (χ4v) is 2.14. The highest BCUT2D eigenvalue weighted by atomic mass is 35.5. The summed E-state index contributed by atoms with van der Waals surface area (Å²) in [6.45, 7) is 7.83. The van der Waals surface area contributed by atoms with Gasteiger partial charge in [-0.15, -0.1) is 0 Å². The van der Waals surface area contributed by atoms with Crippen LogP contribution in [0.1, 0.15) is 26.3 Å². The van der Waals surface area contributed by atoms with E-state index in [1.807, 2.05) is 12.1 Å². The van der Waals surface area contributed by atoms with Gasteiger partial charge in [0.15, 0.2) is 0 Å². The number of halogens is 1. The molecule has 3 heteroatoms. The van der Waals surface area contributed by atoms with Crippen LogP contribution in [0.15, 0.2) is 24.4 Å². The molecule has 0 aliphatic heterocycles. The van der Waals surface area contributed by atoms with Gasteiger partial charge >= 0.3 is 0 Å². The third-order valence-electron chi connectivity index (χ3n) is 2.84. The lowest BCUT2D eigenvalue weighted by Crippen LogP contribution is -2.01. The van der Waals surface area contributed by atoms with Crippen LogP contribution in [0.5, 0.6) is 0 Å². The molecule has 0 bridgehead atoms. The Hall–Kier alpha value is -0.990. The molecule has 0 spiro atoms. The molecule has 0 radical (unpaired) electrons. The Morgan fingerprint density at radius 3 is 2.76 bits per heavy atom. The lowest BCUT2D eigenvalue weighted by atomic mass is 10.2. The van der Waals surface area contributed by atoms with Crippen LogP contribution in [0, 0.1) is 0 Å². The highest BCUT2D eigenvalue weighted by molar-refractivity contribution is 6.31. The van der Waals surface area contributed by atoms with E-state index in [9.17, 15) is 0 Å². The number of nitrogens with zero attached hydrogens (tertiary/aromatic N) is 1. The highest BCUT2D eigenvalue weighted by Crippen LogP contribution is 2.25. The molecule has 1 heterocycles. The standard InChI is InChI=1S/C14H18ClNO/c1-4-16-8-11(9-17-10(2)3)13-6-5-12(15)7-14(13)16/h5-8,10H,4,9H2,1-3H3. The van der Waals surface area contributed by atoms with E-state index in [4.69, 9.17) is 16.3 Å². The first kappa shape index (κ1) is 12.5. The van der Waals surface area contributed by atoms with E-state index in [1.165, 1.54) is 16.5 Å². The zero-order valence-corrected chi connectivity index (χ0v) is 11.3. The Kier molecular flexibility index (Phi) is 3.75. The number of aromatic nitrogens is 1. The smallest absolute Gasteiger partial charge is 0.0741 e. The van der Waals surface area contributed by atoms with Crippen molar-refractivity contribution in [3.8, 4) is 0 Å². The third kappa shape index (κ3) is 2.64. The van der Waals surface area contributed by atoms with Crippen molar-refractivity contribution in [1.82, 2.24) is 4.57 Å². The third-order valence-corrected chi connectivity index (χ3v) is 3.07. The minimum atomic E-state index is 0.252. The second kappa shape index (κ2) is 5.11. The van der Waals surface area contributed by atoms with E-state index in [2.05, 4.69) is 37.6 Å². The summed E-state index contributed by atoms with van der Waals surface area (Å²) in [6, 6.07) is 6.02. The monoisotopic (exact) mass is 251 g/mol. The fraction of sp³-hybridized carbons (Fsp3) is 0.429. The maximum Gasteiger partial charge on any atom is 0.0741 e. The molecule has 0 saturated carbocycles. The Bertz CT molecular complexity index is 516. The molecule has 92 valence electrons. The first-order valence-electron chi connectivity index (χ1n) is 6.00. The van der Waals surface area contributed by atoms with Gasteiger partial charge in [0.25, 0.3) is 0 Å². The van der Waals surface area contributed by atoms with Crippen molar-refractivity contribution in [2.45, 2.75) is 40.0 Å². The lowest BCUT2D eigenvalue weighted by Gasteiger charge is -2.06. The predicted octanol–water partition coefficient (Wildman–Crippen LogP) is 4.24. The molecular weight excluding hydrogens is 234 g/mol. The summed E-state index contributed by atoms with van der Waals surface area (Å²) in [5, 5.41) is 2.01. The Morgan fingerprint density at radius 1 is 1.35 bits per heavy atom. The summed E-state index contributed by atoms with van der Waals surface area (Å²) in [7, 11) is 0. The van der Waals surface area contributed by atoms with Gasteiger partial charge in [-0.2, -0.15) is 0 Å². The molecule has 1 aromatic carbocycles. The summed E-state index contributed by atoms with van der Waals surface area (Å²) >= 11 is 6.04. The molecule has 0 aliphatic rings. The van der Waals surface area contributed by atoms with Crippen LogP contribution in [0.3, 0.4) is 0 Å². The quantitative estimate of drug-likeness (QED) is 0.793. The van der Waals surface area contributed by atoms with Gasteiger partial charge in [0, 0.05) is 34.2 Å². The SMILES string of the molecule is CCn1cc(COC(C)C)c2ccc(Cl)cc21. The number of fused-ring (bicyclic) bond motifs is 1. The van der Waals surface area contributed by atoms with Gasteiger partial charge in [0.05, 0.1) is 12.7 Å². The summed E-state index contributed by atoms with van der Waals surface area (Å²) in [5.74, 6) is 0. The number of ether oxygens (including phenoxy) is 1. The lowest BCUT2D eigenvalue weighted by molar-refractivity contribution is 0.0663. The second-order valence-corrected chi connectivity index (χ2v) is 4.90. The van der Waals surface area contributed by atoms with Gasteiger partial charge < -0.3 is 9.30 Å². The molecule has 0 amide bonds. The number of aryl methyl sites for hydroxylation is 1. The minimum absolute atomic E-state index is 0.252. The van der Waals surface area contributed by atoms with Crippen molar-refractivity contribution >= 4 is 22.5 Å². The topological polar surface area (TPSA) is 14.2 Å². The summed E-state index contributed by atoms with van der Waals surface area (Å²) in [6.07, 6.45) is 2.41. The first-order valence-corrected chi connectivity index (χ1v) is 6.38. The molecular formula is C14H18ClNO. The Labute approximate surface area is 107 Å². The van der Waals surface area contributed by atoms with Crippen LogP contribution in [0.25, 0.3) is 10.9 Å². The van der Waals surface area contributed by atoms with Gasteiger partial charge in [-0.1, -0.05) is 17.7 Å². The molecule has 0 N–H and O–H groups in total. The van der Waals surface area contributed by atoms with Crippen molar-refractivity contribution in [3.05, 3.63) is 35.0 Å². The van der Waals surface area contributed by atoms with E-state index in [0.717, 1.165) is 11.6 Å². The van der Waals surface area contributed by atoms with Gasteiger partial charge in [-0.25, -0.2) is 0 Å². The van der Waals surface area contributed by atoms with Crippen molar-refractivity contribution in [2.24, 2.45) is 0 Å². The van der Waals surface area contributed by atoms with E-state index < -0.39 is 0 Å². The van der Waals surface area contributed by atoms with E-state index in [1.54, 1.807) is 0 Å². The maximum absolute atomic E-state index is 6.04. The number of rotatable bonds is 4. The van der Waals surface area contributed by atoms with E-state index >= 15 is 0 Å². The zero-order chi connectivity index (χ0) is 12.4. The fourth-order valence-electron chi connectivity index (χ4n) is 1.97. The van der Waals surface area contributed by atoms with Gasteiger partial charge in [-0.05, 0) is 32.9 Å². The molecule has 2 rings (SSSR count). The van der Waals surface area contributed by atoms with E-state index in [0.29, 0.717) is 6.61 Å². The summed E-state index contributed by atoms with van der Waals surface area (Å²) in [4.78, 5) is 0. The average molecular weight is 252 g/mol. The van der Waals surface area contributed by atoms with Crippen LogP contribution in [0.2, 0.25) is 5.02 Å². The molecule has 2 aromatic rings. The number of hydrogen-bond acceptors (Lipinski definition) is 1. The second-order valence-electron chi connectivity index (χ2n) is 4.46. The summed E-state index contributed by atoms with van der Waals surface area (Å²) in [5.41, 5.74) is 2.41. The Morgan fingerprint density at radius 2 is 2.12 bits per heavy atom. The Balaban J connectivity index is 2.42. The van der Waals surface area contributed by atoms with Crippen LogP contribution < -0.4 is 0 Å². The number of hydrogen-bond donors (Lipinski definition) is 0. The summed E-state index contributed by atoms with van der Waals surface area (Å²) < 4.78 is 7.89. The normalized spacial score (nSPS) is 11.6. The minimum Gasteiger partial charge on any atom is -0.374 e. The molecule has 17 heavy (non-hydrogen) atoms. The molecule has 0 fully saturated rings. The zero-order valence-electron chi connectivity index (χ0n) is 10.5. The highest BCUT2D eigenvalue weighted by Gasteiger charge is 2.08. The van der Waals surface area contributed by atoms with Gasteiger partial charge in [0.2, 0.25) is 0 Å². The first-order chi connectivity index (χ1) is 8.11. The molecule has 0 aliphatic carbocycles. The van der Waals surface area contributed by atoms with Crippen molar-refractivity contribution in [3.63, 3.8) is 0 Å². The molecule has 0 unspecified atom stereocenters. The molecule has 1 aromatic heterocycles. The van der Waals surface area contributed by atoms with Crippen LogP contribution in [-0.4, -0.2) is 10.7 Å². The molecule has 0 atom stereocenters. The van der Waals surface area contributed by atoms with Crippen molar-refractivity contribution in [2.75, 3.05) is 0 Å². The predicted molar refractivity (Wildman–Crippen MR) is 72.5 cm³/mol. The van der Waals surface area contributed by atoms with E-state index in [-0.39, 0.29) is 6.10 Å².